The van der Waals surface area contributed by atoms with Gasteiger partial charge in [0.25, 0.3) is 0 Å². The summed E-state index contributed by atoms with van der Waals surface area (Å²) in [6.07, 6.45) is 0. The van der Waals surface area contributed by atoms with Gasteiger partial charge in [0, 0.05) is 11.9 Å². The third kappa shape index (κ3) is 2.01. The average molecular weight is 202 g/mol. The number of rotatable bonds is 3. The summed E-state index contributed by atoms with van der Waals surface area (Å²) in [5, 5.41) is 4.28. The van der Waals surface area contributed by atoms with Gasteiger partial charge in [0.05, 0.1) is 12.6 Å². The molecule has 0 bridgehead atoms. The van der Waals surface area contributed by atoms with Gasteiger partial charge in [0.15, 0.2) is 0 Å². The minimum Gasteiger partial charge on any atom is -0.497 e. The first-order chi connectivity index (χ1) is 7.33. The molecule has 0 radical (unpaired) electrons. The van der Waals surface area contributed by atoms with Gasteiger partial charge in [0.1, 0.15) is 11.6 Å². The second kappa shape index (κ2) is 4.17. The molecule has 3 heteroatoms. The lowest BCUT2D eigenvalue weighted by Gasteiger charge is -2.05. The summed E-state index contributed by atoms with van der Waals surface area (Å²) in [4.78, 5) is 4.47. The smallest absolute Gasteiger partial charge is 0.126 e. The molecule has 2 rings (SSSR count). The highest BCUT2D eigenvalue weighted by Crippen LogP contribution is 2.20. The lowest BCUT2D eigenvalue weighted by atomic mass is 10.2. The Bertz CT molecular complexity index is 468. The molecule has 0 aliphatic heterocycles. The molecule has 0 amide bonds. The van der Waals surface area contributed by atoms with Crippen LogP contribution in [-0.2, 0) is 0 Å². The maximum absolute atomic E-state index is 5.16. The van der Waals surface area contributed by atoms with E-state index in [1.165, 1.54) is 0 Å². The van der Waals surface area contributed by atoms with Gasteiger partial charge in [0.2, 0.25) is 0 Å². The normalized spacial score (nSPS) is 10.3. The third-order valence-corrected chi connectivity index (χ3v) is 2.25. The van der Waals surface area contributed by atoms with Crippen molar-refractivity contribution in [3.05, 3.63) is 30.3 Å². The molecule has 2 aromatic rings. The molecule has 3 nitrogen and oxygen atoms in total. The van der Waals surface area contributed by atoms with E-state index in [4.69, 9.17) is 4.74 Å². The summed E-state index contributed by atoms with van der Waals surface area (Å²) in [6, 6.07) is 9.90. The number of anilines is 1. The number of benzene rings is 1. The van der Waals surface area contributed by atoms with E-state index in [2.05, 4.69) is 17.2 Å². The number of methoxy groups -OCH3 is 1. The molecule has 0 fully saturated rings. The Morgan fingerprint density at radius 2 is 2.13 bits per heavy atom. The molecule has 0 saturated carbocycles. The second-order valence-corrected chi connectivity index (χ2v) is 3.29. The first-order valence-corrected chi connectivity index (χ1v) is 5.02. The van der Waals surface area contributed by atoms with Gasteiger partial charge in [-0.15, -0.1) is 0 Å². The Kier molecular flexibility index (Phi) is 2.72. The van der Waals surface area contributed by atoms with Gasteiger partial charge in [-0.3, -0.25) is 0 Å². The maximum atomic E-state index is 5.16. The topological polar surface area (TPSA) is 34.1 Å². The molecule has 1 aromatic carbocycles. The number of aromatic nitrogens is 1. The summed E-state index contributed by atoms with van der Waals surface area (Å²) in [7, 11) is 1.67. The molecule has 0 aliphatic rings. The minimum atomic E-state index is 0.862. The largest absolute Gasteiger partial charge is 0.497 e. The molecule has 0 spiro atoms. The predicted octanol–water partition coefficient (Wildman–Crippen LogP) is 2.68. The van der Waals surface area contributed by atoms with Crippen molar-refractivity contribution in [1.82, 2.24) is 4.98 Å². The van der Waals surface area contributed by atoms with Gasteiger partial charge < -0.3 is 10.1 Å². The molecule has 0 saturated heterocycles. The monoisotopic (exact) mass is 202 g/mol. The zero-order valence-corrected chi connectivity index (χ0v) is 8.95. The van der Waals surface area contributed by atoms with Crippen molar-refractivity contribution in [3.63, 3.8) is 0 Å². The minimum absolute atomic E-state index is 0.862. The van der Waals surface area contributed by atoms with E-state index in [0.717, 1.165) is 29.0 Å². The van der Waals surface area contributed by atoms with E-state index < -0.39 is 0 Å². The van der Waals surface area contributed by atoms with E-state index in [0.29, 0.717) is 0 Å². The van der Waals surface area contributed by atoms with Crippen LogP contribution in [0.4, 0.5) is 5.82 Å². The van der Waals surface area contributed by atoms with Crippen LogP contribution >= 0.6 is 0 Å². The Hall–Kier alpha value is -1.77. The van der Waals surface area contributed by atoms with Crippen molar-refractivity contribution in [3.8, 4) is 5.75 Å². The fourth-order valence-corrected chi connectivity index (χ4v) is 1.51. The van der Waals surface area contributed by atoms with Crippen LogP contribution < -0.4 is 10.1 Å². The third-order valence-electron chi connectivity index (χ3n) is 2.25. The van der Waals surface area contributed by atoms with Gasteiger partial charge >= 0.3 is 0 Å². The molecule has 1 aromatic heterocycles. The van der Waals surface area contributed by atoms with Crippen molar-refractivity contribution >= 4 is 16.7 Å². The predicted molar refractivity (Wildman–Crippen MR) is 62.5 cm³/mol. The van der Waals surface area contributed by atoms with Crippen molar-refractivity contribution in [1.29, 1.82) is 0 Å². The summed E-state index contributed by atoms with van der Waals surface area (Å²) in [5.41, 5.74) is 0.981. The number of hydrogen-bond donors (Lipinski definition) is 1. The van der Waals surface area contributed by atoms with Crippen LogP contribution in [0, 0.1) is 0 Å². The van der Waals surface area contributed by atoms with Crippen LogP contribution in [0.2, 0.25) is 0 Å². The highest BCUT2D eigenvalue weighted by Gasteiger charge is 1.98. The SMILES string of the molecule is CCNc1ccc2cc(OC)ccc2n1. The van der Waals surface area contributed by atoms with E-state index in [-0.39, 0.29) is 0 Å². The van der Waals surface area contributed by atoms with Crippen LogP contribution in [0.15, 0.2) is 30.3 Å². The maximum Gasteiger partial charge on any atom is 0.126 e. The average Bonchev–Trinajstić information content (AvgIpc) is 2.29. The van der Waals surface area contributed by atoms with E-state index in [1.807, 2.05) is 30.3 Å². The van der Waals surface area contributed by atoms with Gasteiger partial charge in [-0.05, 0) is 37.3 Å². The molecule has 0 aliphatic carbocycles. The summed E-state index contributed by atoms with van der Waals surface area (Å²) >= 11 is 0. The van der Waals surface area contributed by atoms with Crippen LogP contribution in [-0.4, -0.2) is 18.6 Å². The van der Waals surface area contributed by atoms with Crippen LogP contribution in [0.1, 0.15) is 6.92 Å². The Morgan fingerprint density at radius 1 is 1.27 bits per heavy atom. The van der Waals surface area contributed by atoms with E-state index in [9.17, 15) is 0 Å². The van der Waals surface area contributed by atoms with Crippen molar-refractivity contribution < 1.29 is 4.74 Å². The van der Waals surface area contributed by atoms with Gasteiger partial charge in [-0.2, -0.15) is 0 Å². The van der Waals surface area contributed by atoms with Crippen molar-refractivity contribution in [2.45, 2.75) is 6.92 Å². The Labute approximate surface area is 89.1 Å². The lowest BCUT2D eigenvalue weighted by Crippen LogP contribution is -1.98. The van der Waals surface area contributed by atoms with Crippen LogP contribution in [0.25, 0.3) is 10.9 Å². The molecular weight excluding hydrogens is 188 g/mol. The second-order valence-electron chi connectivity index (χ2n) is 3.29. The quantitative estimate of drug-likeness (QED) is 0.830. The number of pyridine rings is 1. The summed E-state index contributed by atoms with van der Waals surface area (Å²) in [5.74, 6) is 1.77. The molecule has 1 N–H and O–H groups in total. The van der Waals surface area contributed by atoms with E-state index in [1.54, 1.807) is 7.11 Å². The zero-order valence-electron chi connectivity index (χ0n) is 8.95. The van der Waals surface area contributed by atoms with E-state index >= 15 is 0 Å². The fraction of sp³-hybridized carbons (Fsp3) is 0.250. The van der Waals surface area contributed by atoms with Crippen molar-refractivity contribution in [2.75, 3.05) is 19.0 Å². The Morgan fingerprint density at radius 3 is 2.87 bits per heavy atom. The molecule has 1 heterocycles. The molecule has 0 atom stereocenters. The van der Waals surface area contributed by atoms with Gasteiger partial charge in [-0.1, -0.05) is 0 Å². The van der Waals surface area contributed by atoms with Crippen LogP contribution in [0.3, 0.4) is 0 Å². The standard InChI is InChI=1S/C12H14N2O/c1-3-13-12-7-4-9-8-10(15-2)5-6-11(9)14-12/h4-8H,3H2,1-2H3,(H,13,14). The summed E-state index contributed by atoms with van der Waals surface area (Å²) in [6.45, 7) is 2.94. The van der Waals surface area contributed by atoms with Crippen molar-refractivity contribution in [2.24, 2.45) is 0 Å². The zero-order chi connectivity index (χ0) is 10.7. The molecule has 0 unspecified atom stereocenters. The lowest BCUT2D eigenvalue weighted by molar-refractivity contribution is 0.415. The molecule has 78 valence electrons. The highest BCUT2D eigenvalue weighted by molar-refractivity contribution is 5.81. The number of nitrogens with one attached hydrogen (secondary N) is 1. The summed E-state index contributed by atoms with van der Waals surface area (Å²) < 4.78 is 5.16. The van der Waals surface area contributed by atoms with Crippen LogP contribution in [0.5, 0.6) is 5.75 Å². The van der Waals surface area contributed by atoms with Gasteiger partial charge in [-0.25, -0.2) is 4.98 Å². The first-order valence-electron chi connectivity index (χ1n) is 5.02. The Balaban J connectivity index is 2.45. The highest BCUT2D eigenvalue weighted by atomic mass is 16.5. The molecule has 15 heavy (non-hydrogen) atoms. The number of fused-ring (bicyclic) bond motifs is 1. The number of hydrogen-bond acceptors (Lipinski definition) is 3. The molecular formula is C12H14N2O. The first kappa shape index (κ1) is 9.77. The number of ether oxygens (including phenoxy) is 1. The fourth-order valence-electron chi connectivity index (χ4n) is 1.51. The number of nitrogens with zero attached hydrogens (tertiary/aromatic N) is 1.